The predicted octanol–water partition coefficient (Wildman–Crippen LogP) is 1.09. The van der Waals surface area contributed by atoms with Gasteiger partial charge in [-0.1, -0.05) is 5.92 Å². The lowest BCUT2D eigenvalue weighted by Crippen LogP contribution is -2.02. The lowest BCUT2D eigenvalue weighted by Gasteiger charge is -2.03. The number of fused-ring (bicyclic) bond motifs is 1. The van der Waals surface area contributed by atoms with Gasteiger partial charge in [-0.3, -0.25) is 0 Å². The van der Waals surface area contributed by atoms with Crippen LogP contribution in [-0.4, -0.2) is 17.9 Å². The molecule has 0 spiro atoms. The molecule has 0 bridgehead atoms. The van der Waals surface area contributed by atoms with Crippen molar-refractivity contribution in [1.29, 1.82) is 0 Å². The number of rotatable bonds is 1. The summed E-state index contributed by atoms with van der Waals surface area (Å²) in [6, 6.07) is 3.13. The first-order valence-electron chi connectivity index (χ1n) is 3.86. The molecule has 0 radical (unpaired) electrons. The number of terminal acetylenes is 1. The van der Waals surface area contributed by atoms with Gasteiger partial charge in [0.15, 0.2) is 11.5 Å². The van der Waals surface area contributed by atoms with Crippen LogP contribution in [0.4, 0.5) is 0 Å². The van der Waals surface area contributed by atoms with E-state index in [4.69, 9.17) is 21.0 Å². The molecule has 1 N–H and O–H groups in total. The minimum absolute atomic E-state index is 0.0116. The first-order valence-corrected chi connectivity index (χ1v) is 3.86. The third-order valence-corrected chi connectivity index (χ3v) is 1.91. The van der Waals surface area contributed by atoms with Crippen LogP contribution in [0.2, 0.25) is 0 Å². The minimum Gasteiger partial charge on any atom is -0.478 e. The molecule has 0 saturated carbocycles. The predicted molar refractivity (Wildman–Crippen MR) is 47.5 cm³/mol. The fourth-order valence-corrected chi connectivity index (χ4v) is 1.30. The molecule has 1 aliphatic rings. The van der Waals surface area contributed by atoms with Gasteiger partial charge in [0.25, 0.3) is 0 Å². The van der Waals surface area contributed by atoms with Gasteiger partial charge in [0.2, 0.25) is 6.79 Å². The maximum atomic E-state index is 10.9. The summed E-state index contributed by atoms with van der Waals surface area (Å²) in [5.74, 6) is 1.81. The second-order valence-corrected chi connectivity index (χ2v) is 2.67. The van der Waals surface area contributed by atoms with Crippen molar-refractivity contribution in [3.05, 3.63) is 23.3 Å². The fraction of sp³-hybridized carbons (Fsp3) is 0.100. The molecule has 4 nitrogen and oxygen atoms in total. The van der Waals surface area contributed by atoms with Crippen molar-refractivity contribution in [2.75, 3.05) is 6.79 Å². The maximum absolute atomic E-state index is 10.9. The minimum atomic E-state index is -1.11. The third kappa shape index (κ3) is 1.07. The van der Waals surface area contributed by atoms with Gasteiger partial charge in [-0.2, -0.15) is 0 Å². The molecule has 70 valence electrons. The molecule has 1 aliphatic heterocycles. The molecule has 1 aromatic rings. The van der Waals surface area contributed by atoms with Gasteiger partial charge in [0, 0.05) is 5.56 Å². The standard InChI is InChI=1S/C10H6O4/c1-2-6-3-4-7-9(14-5-13-7)8(6)10(11)12/h1,3-4H,5H2,(H,11,12). The van der Waals surface area contributed by atoms with E-state index in [0.717, 1.165) is 0 Å². The van der Waals surface area contributed by atoms with Crippen molar-refractivity contribution in [3.8, 4) is 23.8 Å². The Balaban J connectivity index is 2.70. The van der Waals surface area contributed by atoms with Gasteiger partial charge >= 0.3 is 5.97 Å². The van der Waals surface area contributed by atoms with Gasteiger partial charge in [-0.25, -0.2) is 4.79 Å². The zero-order chi connectivity index (χ0) is 10.1. The maximum Gasteiger partial charge on any atom is 0.340 e. The van der Waals surface area contributed by atoms with E-state index in [1.807, 2.05) is 0 Å². The Labute approximate surface area is 80.1 Å². The summed E-state index contributed by atoms with van der Waals surface area (Å²) in [4.78, 5) is 10.9. The summed E-state index contributed by atoms with van der Waals surface area (Å²) >= 11 is 0. The molecule has 0 atom stereocenters. The van der Waals surface area contributed by atoms with Gasteiger partial charge in [-0.05, 0) is 12.1 Å². The Bertz CT molecular complexity index is 442. The van der Waals surface area contributed by atoms with E-state index in [1.165, 1.54) is 6.07 Å². The molecule has 14 heavy (non-hydrogen) atoms. The number of carboxylic acids is 1. The highest BCUT2D eigenvalue weighted by Gasteiger charge is 2.24. The van der Waals surface area contributed by atoms with E-state index in [2.05, 4.69) is 5.92 Å². The summed E-state index contributed by atoms with van der Waals surface area (Å²) in [5, 5.41) is 8.93. The van der Waals surface area contributed by atoms with Gasteiger partial charge in [0.1, 0.15) is 5.56 Å². The number of ether oxygens (including phenoxy) is 2. The summed E-state index contributed by atoms with van der Waals surface area (Å²) in [5.41, 5.74) is 0.282. The second-order valence-electron chi connectivity index (χ2n) is 2.67. The van der Waals surface area contributed by atoms with Crippen molar-refractivity contribution in [3.63, 3.8) is 0 Å². The lowest BCUT2D eigenvalue weighted by molar-refractivity contribution is 0.0692. The van der Waals surface area contributed by atoms with E-state index in [1.54, 1.807) is 6.07 Å². The highest BCUT2D eigenvalue weighted by molar-refractivity contribution is 5.95. The van der Waals surface area contributed by atoms with Gasteiger partial charge in [0.05, 0.1) is 0 Å². The summed E-state index contributed by atoms with van der Waals surface area (Å²) in [7, 11) is 0. The van der Waals surface area contributed by atoms with E-state index in [0.29, 0.717) is 11.3 Å². The van der Waals surface area contributed by atoms with Crippen molar-refractivity contribution >= 4 is 5.97 Å². The molecule has 0 aliphatic carbocycles. The SMILES string of the molecule is C#Cc1ccc2c(c1C(=O)O)OCO2. The second kappa shape index (κ2) is 2.96. The normalized spacial score (nSPS) is 12.2. The molecule has 0 unspecified atom stereocenters. The highest BCUT2D eigenvalue weighted by atomic mass is 16.7. The quantitative estimate of drug-likeness (QED) is 0.673. The van der Waals surface area contributed by atoms with Crippen LogP contribution in [-0.2, 0) is 0 Å². The zero-order valence-corrected chi connectivity index (χ0v) is 7.11. The molecule has 0 amide bonds. The van der Waals surface area contributed by atoms with E-state index in [-0.39, 0.29) is 18.1 Å². The number of hydrogen-bond acceptors (Lipinski definition) is 3. The molecule has 0 aromatic heterocycles. The van der Waals surface area contributed by atoms with Gasteiger partial charge in [-0.15, -0.1) is 6.42 Å². The Morgan fingerprint density at radius 3 is 2.93 bits per heavy atom. The number of hydrogen-bond donors (Lipinski definition) is 1. The third-order valence-electron chi connectivity index (χ3n) is 1.91. The molecule has 1 aromatic carbocycles. The molecule has 2 rings (SSSR count). The number of aromatic carboxylic acids is 1. The highest BCUT2D eigenvalue weighted by Crippen LogP contribution is 2.37. The van der Waals surface area contributed by atoms with Crippen LogP contribution in [0, 0.1) is 12.3 Å². The molecule has 4 heteroatoms. The number of carboxylic acid groups (broad SMARTS) is 1. The first kappa shape index (κ1) is 8.45. The Hall–Kier alpha value is -2.15. The summed E-state index contributed by atoms with van der Waals surface area (Å²) in [6.45, 7) is 0.0314. The molecule has 0 saturated heterocycles. The van der Waals surface area contributed by atoms with Crippen LogP contribution in [0.25, 0.3) is 0 Å². The molecule has 0 fully saturated rings. The van der Waals surface area contributed by atoms with Crippen LogP contribution < -0.4 is 9.47 Å². The summed E-state index contributed by atoms with van der Waals surface area (Å²) < 4.78 is 10.1. The average molecular weight is 190 g/mol. The van der Waals surface area contributed by atoms with Crippen LogP contribution in [0.1, 0.15) is 15.9 Å². The molecule has 1 heterocycles. The Morgan fingerprint density at radius 2 is 2.29 bits per heavy atom. The van der Waals surface area contributed by atoms with Crippen LogP contribution in [0.15, 0.2) is 12.1 Å². The number of carbonyl (C=O) groups is 1. The zero-order valence-electron chi connectivity index (χ0n) is 7.11. The monoisotopic (exact) mass is 190 g/mol. The van der Waals surface area contributed by atoms with Crippen molar-refractivity contribution in [2.24, 2.45) is 0 Å². The topological polar surface area (TPSA) is 55.8 Å². The van der Waals surface area contributed by atoms with E-state index in [9.17, 15) is 4.79 Å². The van der Waals surface area contributed by atoms with E-state index < -0.39 is 5.97 Å². The summed E-state index contributed by atoms with van der Waals surface area (Å²) in [6.07, 6.45) is 5.17. The van der Waals surface area contributed by atoms with Crippen LogP contribution >= 0.6 is 0 Å². The smallest absolute Gasteiger partial charge is 0.340 e. The lowest BCUT2D eigenvalue weighted by atomic mass is 10.1. The Morgan fingerprint density at radius 1 is 1.50 bits per heavy atom. The van der Waals surface area contributed by atoms with Crippen molar-refractivity contribution in [1.82, 2.24) is 0 Å². The average Bonchev–Trinajstić information content (AvgIpc) is 2.62. The van der Waals surface area contributed by atoms with Crippen LogP contribution in [0.5, 0.6) is 11.5 Å². The van der Waals surface area contributed by atoms with Crippen molar-refractivity contribution < 1.29 is 19.4 Å². The van der Waals surface area contributed by atoms with Crippen molar-refractivity contribution in [2.45, 2.75) is 0 Å². The first-order chi connectivity index (χ1) is 6.74. The fourth-order valence-electron chi connectivity index (χ4n) is 1.30. The number of benzene rings is 1. The van der Waals surface area contributed by atoms with Gasteiger partial charge < -0.3 is 14.6 Å². The molecular formula is C10H6O4. The van der Waals surface area contributed by atoms with E-state index >= 15 is 0 Å². The Kier molecular flexibility index (Phi) is 1.79. The van der Waals surface area contributed by atoms with Crippen LogP contribution in [0.3, 0.4) is 0 Å². The molecular weight excluding hydrogens is 184 g/mol. The largest absolute Gasteiger partial charge is 0.478 e.